The Morgan fingerprint density at radius 1 is 1.33 bits per heavy atom. The minimum Gasteiger partial charge on any atom is -0.498 e. The van der Waals surface area contributed by atoms with Crippen LogP contribution in [0.25, 0.3) is 10.6 Å². The highest BCUT2D eigenvalue weighted by atomic mass is 32.1. The zero-order valence-corrected chi connectivity index (χ0v) is 9.34. The third-order valence-corrected chi connectivity index (χ3v) is 3.10. The van der Waals surface area contributed by atoms with Crippen molar-refractivity contribution in [1.29, 1.82) is 0 Å². The molecule has 15 heavy (non-hydrogen) atoms. The van der Waals surface area contributed by atoms with Crippen LogP contribution in [0.1, 0.15) is 5.69 Å². The van der Waals surface area contributed by atoms with Gasteiger partial charge in [0.15, 0.2) is 5.06 Å². The molecular weight excluding hydrogens is 210 g/mol. The monoisotopic (exact) mass is 221 g/mol. The van der Waals surface area contributed by atoms with Gasteiger partial charge in [0.1, 0.15) is 10.8 Å². The Morgan fingerprint density at radius 2 is 2.07 bits per heavy atom. The Bertz CT molecular complexity index is 460. The summed E-state index contributed by atoms with van der Waals surface area (Å²) in [5.74, 6) is 0.770. The van der Waals surface area contributed by atoms with Crippen LogP contribution < -0.4 is 4.74 Å². The van der Waals surface area contributed by atoms with Gasteiger partial charge in [0, 0.05) is 0 Å². The van der Waals surface area contributed by atoms with Crippen molar-refractivity contribution in [3.8, 4) is 21.4 Å². The zero-order valence-electron chi connectivity index (χ0n) is 8.52. The number of para-hydroxylation sites is 1. The Labute approximate surface area is 92.0 Å². The molecule has 0 aliphatic rings. The Kier molecular flexibility index (Phi) is 2.60. The van der Waals surface area contributed by atoms with E-state index < -0.39 is 0 Å². The summed E-state index contributed by atoms with van der Waals surface area (Å²) in [7, 11) is 1.62. The zero-order chi connectivity index (χ0) is 10.8. The highest BCUT2D eigenvalue weighted by molar-refractivity contribution is 7.16. The van der Waals surface area contributed by atoms with Crippen molar-refractivity contribution in [3.63, 3.8) is 0 Å². The molecule has 1 heterocycles. The fourth-order valence-electron chi connectivity index (χ4n) is 1.32. The third-order valence-electron chi connectivity index (χ3n) is 2.11. The SMILES string of the molecule is COc1ccccc1-c1nc(C)c(O)s1. The van der Waals surface area contributed by atoms with Gasteiger partial charge >= 0.3 is 0 Å². The summed E-state index contributed by atoms with van der Waals surface area (Å²) in [5, 5.41) is 10.5. The van der Waals surface area contributed by atoms with Gasteiger partial charge in [-0.15, -0.1) is 0 Å². The molecule has 0 aliphatic heterocycles. The maximum Gasteiger partial charge on any atom is 0.195 e. The minimum atomic E-state index is 0.260. The summed E-state index contributed by atoms with van der Waals surface area (Å²) >= 11 is 1.26. The lowest BCUT2D eigenvalue weighted by Crippen LogP contribution is -1.86. The van der Waals surface area contributed by atoms with Gasteiger partial charge in [-0.05, 0) is 19.1 Å². The van der Waals surface area contributed by atoms with E-state index in [0.29, 0.717) is 5.69 Å². The lowest BCUT2D eigenvalue weighted by Gasteiger charge is -2.04. The van der Waals surface area contributed by atoms with Crippen LogP contribution in [0, 0.1) is 6.92 Å². The van der Waals surface area contributed by atoms with Crippen molar-refractivity contribution >= 4 is 11.3 Å². The topological polar surface area (TPSA) is 42.4 Å². The first-order valence-corrected chi connectivity index (χ1v) is 5.34. The molecular formula is C11H11NO2S. The van der Waals surface area contributed by atoms with E-state index in [2.05, 4.69) is 4.98 Å². The molecule has 3 nitrogen and oxygen atoms in total. The lowest BCUT2D eigenvalue weighted by atomic mass is 10.2. The van der Waals surface area contributed by atoms with Crippen LogP contribution in [-0.4, -0.2) is 17.2 Å². The molecule has 1 N–H and O–H groups in total. The molecule has 0 fully saturated rings. The molecule has 0 amide bonds. The van der Waals surface area contributed by atoms with E-state index in [-0.39, 0.29) is 5.06 Å². The van der Waals surface area contributed by atoms with Crippen LogP contribution in [0.3, 0.4) is 0 Å². The molecule has 0 radical (unpaired) electrons. The highest BCUT2D eigenvalue weighted by Crippen LogP contribution is 2.36. The number of thiazole rings is 1. The maximum absolute atomic E-state index is 9.48. The normalized spacial score (nSPS) is 10.3. The predicted molar refractivity (Wildman–Crippen MR) is 60.5 cm³/mol. The lowest BCUT2D eigenvalue weighted by molar-refractivity contribution is 0.416. The first-order chi connectivity index (χ1) is 7.22. The number of methoxy groups -OCH3 is 1. The summed E-state index contributed by atoms with van der Waals surface area (Å²) in [5.41, 5.74) is 1.56. The van der Waals surface area contributed by atoms with Crippen molar-refractivity contribution < 1.29 is 9.84 Å². The van der Waals surface area contributed by atoms with E-state index in [9.17, 15) is 5.11 Å². The van der Waals surface area contributed by atoms with E-state index in [1.165, 1.54) is 11.3 Å². The van der Waals surface area contributed by atoms with Crippen LogP contribution in [0.15, 0.2) is 24.3 Å². The van der Waals surface area contributed by atoms with E-state index in [1.54, 1.807) is 14.0 Å². The fourth-order valence-corrected chi connectivity index (χ4v) is 2.16. The molecule has 0 bridgehead atoms. The largest absolute Gasteiger partial charge is 0.498 e. The quantitative estimate of drug-likeness (QED) is 0.847. The molecule has 0 saturated carbocycles. The first-order valence-electron chi connectivity index (χ1n) is 4.52. The standard InChI is InChI=1S/C11H11NO2S/c1-7-11(13)15-10(12-7)8-5-3-4-6-9(8)14-2/h3-6,13H,1-2H3. The predicted octanol–water partition coefficient (Wildman–Crippen LogP) is 2.83. The molecule has 0 spiro atoms. The summed E-state index contributed by atoms with van der Waals surface area (Å²) in [6, 6.07) is 7.63. The molecule has 0 aliphatic carbocycles. The summed E-state index contributed by atoms with van der Waals surface area (Å²) in [6.45, 7) is 1.78. The van der Waals surface area contributed by atoms with Crippen LogP contribution in [0.5, 0.6) is 10.8 Å². The number of aryl methyl sites for hydroxylation is 1. The van der Waals surface area contributed by atoms with Crippen molar-refractivity contribution in [3.05, 3.63) is 30.0 Å². The maximum atomic E-state index is 9.48. The Hall–Kier alpha value is -1.55. The number of benzene rings is 1. The molecule has 0 atom stereocenters. The molecule has 1 aromatic heterocycles. The fraction of sp³-hybridized carbons (Fsp3) is 0.182. The second kappa shape index (κ2) is 3.90. The molecule has 4 heteroatoms. The van der Waals surface area contributed by atoms with Gasteiger partial charge in [0.2, 0.25) is 0 Å². The minimum absolute atomic E-state index is 0.260. The number of hydrogen-bond acceptors (Lipinski definition) is 4. The smallest absolute Gasteiger partial charge is 0.195 e. The van der Waals surface area contributed by atoms with Crippen molar-refractivity contribution in [2.24, 2.45) is 0 Å². The number of rotatable bonds is 2. The van der Waals surface area contributed by atoms with Crippen molar-refractivity contribution in [2.75, 3.05) is 7.11 Å². The van der Waals surface area contributed by atoms with Gasteiger partial charge < -0.3 is 9.84 Å². The van der Waals surface area contributed by atoms with Crippen molar-refractivity contribution in [1.82, 2.24) is 4.98 Å². The summed E-state index contributed by atoms with van der Waals surface area (Å²) in [4.78, 5) is 4.28. The van der Waals surface area contributed by atoms with Crippen LogP contribution in [0.4, 0.5) is 0 Å². The molecule has 1 aromatic carbocycles. The number of ether oxygens (including phenoxy) is 1. The van der Waals surface area contributed by atoms with Crippen molar-refractivity contribution in [2.45, 2.75) is 6.92 Å². The molecule has 0 unspecified atom stereocenters. The second-order valence-electron chi connectivity index (χ2n) is 3.11. The van der Waals surface area contributed by atoms with Crippen LogP contribution in [0.2, 0.25) is 0 Å². The van der Waals surface area contributed by atoms with Gasteiger partial charge in [-0.3, -0.25) is 0 Å². The number of hydrogen-bond donors (Lipinski definition) is 1. The Morgan fingerprint density at radius 3 is 2.67 bits per heavy atom. The van der Waals surface area contributed by atoms with E-state index in [0.717, 1.165) is 16.3 Å². The van der Waals surface area contributed by atoms with Crippen LogP contribution >= 0.6 is 11.3 Å². The van der Waals surface area contributed by atoms with E-state index >= 15 is 0 Å². The van der Waals surface area contributed by atoms with Gasteiger partial charge in [-0.1, -0.05) is 23.5 Å². The molecule has 2 aromatic rings. The molecule has 2 rings (SSSR count). The molecule has 0 saturated heterocycles. The highest BCUT2D eigenvalue weighted by Gasteiger charge is 2.11. The average molecular weight is 221 g/mol. The van der Waals surface area contributed by atoms with Gasteiger partial charge in [0.25, 0.3) is 0 Å². The van der Waals surface area contributed by atoms with E-state index in [1.807, 2.05) is 24.3 Å². The second-order valence-corrected chi connectivity index (χ2v) is 4.09. The number of aromatic nitrogens is 1. The summed E-state index contributed by atoms with van der Waals surface area (Å²) in [6.07, 6.45) is 0. The first kappa shape index (κ1) is 9.98. The molecule has 78 valence electrons. The third kappa shape index (κ3) is 1.80. The van der Waals surface area contributed by atoms with E-state index in [4.69, 9.17) is 4.74 Å². The number of nitrogens with zero attached hydrogens (tertiary/aromatic N) is 1. The van der Waals surface area contributed by atoms with Crippen LogP contribution in [-0.2, 0) is 0 Å². The summed E-state index contributed by atoms with van der Waals surface area (Å²) < 4.78 is 5.23. The average Bonchev–Trinajstić information content (AvgIpc) is 2.59. The van der Waals surface area contributed by atoms with Gasteiger partial charge in [-0.25, -0.2) is 4.98 Å². The number of aromatic hydroxyl groups is 1. The Balaban J connectivity index is 2.53. The van der Waals surface area contributed by atoms with Gasteiger partial charge in [0.05, 0.1) is 18.4 Å². The van der Waals surface area contributed by atoms with Gasteiger partial charge in [-0.2, -0.15) is 0 Å².